The van der Waals surface area contributed by atoms with Crippen LogP contribution in [0, 0.1) is 0 Å². The second-order valence-electron chi connectivity index (χ2n) is 6.51. The number of carbonyl (C=O) groups is 1. The largest absolute Gasteiger partial charge is 0.444 e. The van der Waals surface area contributed by atoms with E-state index in [0.29, 0.717) is 17.9 Å². The van der Waals surface area contributed by atoms with Gasteiger partial charge in [0.05, 0.1) is 12.6 Å². The molecule has 1 aromatic carbocycles. The molecule has 0 radical (unpaired) electrons. The molecule has 0 saturated carbocycles. The van der Waals surface area contributed by atoms with Crippen molar-refractivity contribution in [2.24, 2.45) is 0 Å². The number of halogens is 2. The van der Waals surface area contributed by atoms with Crippen molar-refractivity contribution in [2.75, 3.05) is 6.61 Å². The minimum Gasteiger partial charge on any atom is -0.444 e. The highest BCUT2D eigenvalue weighted by atomic mass is 79.9. The van der Waals surface area contributed by atoms with Gasteiger partial charge in [0.25, 0.3) is 0 Å². The quantitative estimate of drug-likeness (QED) is 0.673. The van der Waals surface area contributed by atoms with Gasteiger partial charge < -0.3 is 15.2 Å². The number of ether oxygens (including phenoxy) is 1. The molecule has 24 heavy (non-hydrogen) atoms. The molecule has 138 valence electrons. The fourth-order valence-electron chi connectivity index (χ4n) is 1.74. The molecule has 0 fully saturated rings. The van der Waals surface area contributed by atoms with Crippen LogP contribution in [0.3, 0.4) is 0 Å². The zero-order valence-electron chi connectivity index (χ0n) is 15.2. The Morgan fingerprint density at radius 1 is 1.38 bits per heavy atom. The lowest BCUT2D eigenvalue weighted by Gasteiger charge is -2.22. The average molecular weight is 423 g/mol. The number of amides is 1. The van der Waals surface area contributed by atoms with Crippen LogP contribution in [0.2, 0.25) is 5.02 Å². The second kappa shape index (κ2) is 11.7. The molecule has 1 rings (SSSR count). The summed E-state index contributed by atoms with van der Waals surface area (Å²) >= 11 is 9.50. The Kier molecular flexibility index (Phi) is 11.3. The molecule has 0 aliphatic rings. The van der Waals surface area contributed by atoms with Crippen LogP contribution in [0.1, 0.15) is 53.0 Å². The van der Waals surface area contributed by atoms with E-state index in [9.17, 15) is 9.90 Å². The number of carbonyl (C=O) groups excluding carboxylic acids is 1. The maximum atomic E-state index is 11.7. The Hall–Kier alpha value is -0.780. The average Bonchev–Trinajstić information content (AvgIpc) is 2.43. The zero-order valence-corrected chi connectivity index (χ0v) is 17.5. The van der Waals surface area contributed by atoms with Crippen LogP contribution >= 0.6 is 27.5 Å². The molecule has 0 heterocycles. The number of hydrogen-bond donors (Lipinski definition) is 2. The standard InChI is InChI=1S/C15H21BrClNO3.C3H8/c1-15(2,3)21-14(20)18-12(9-19)7-5-10-4-6-11(16)8-13(10)17;1-3-2/h4,6,8,12,19H,5,7,9H2,1-3H3,(H,18,20);3H2,1-2H3. The molecule has 0 aliphatic heterocycles. The molecule has 0 spiro atoms. The number of aryl methyl sites for hydroxylation is 1. The van der Waals surface area contributed by atoms with Gasteiger partial charge in [0.1, 0.15) is 5.60 Å². The van der Waals surface area contributed by atoms with Crippen LogP contribution in [0.5, 0.6) is 0 Å². The number of aliphatic hydroxyl groups is 1. The molecule has 6 heteroatoms. The number of aliphatic hydroxyl groups excluding tert-OH is 1. The first kappa shape index (κ1) is 23.2. The molecule has 1 aromatic rings. The Morgan fingerprint density at radius 3 is 2.42 bits per heavy atom. The van der Waals surface area contributed by atoms with E-state index in [4.69, 9.17) is 16.3 Å². The molecule has 4 nitrogen and oxygen atoms in total. The summed E-state index contributed by atoms with van der Waals surface area (Å²) in [5, 5.41) is 12.7. The highest BCUT2D eigenvalue weighted by molar-refractivity contribution is 9.10. The van der Waals surface area contributed by atoms with E-state index in [1.54, 1.807) is 20.8 Å². The van der Waals surface area contributed by atoms with Gasteiger partial charge in [-0.2, -0.15) is 0 Å². The van der Waals surface area contributed by atoms with Crippen LogP contribution in [-0.2, 0) is 11.2 Å². The summed E-state index contributed by atoms with van der Waals surface area (Å²) in [6, 6.07) is 5.30. The van der Waals surface area contributed by atoms with Crippen molar-refractivity contribution in [1.29, 1.82) is 0 Å². The van der Waals surface area contributed by atoms with Gasteiger partial charge in [-0.15, -0.1) is 0 Å². The maximum absolute atomic E-state index is 11.7. The van der Waals surface area contributed by atoms with Gasteiger partial charge in [-0.1, -0.05) is 53.9 Å². The van der Waals surface area contributed by atoms with E-state index < -0.39 is 11.7 Å². The number of nitrogens with one attached hydrogen (secondary N) is 1. The highest BCUT2D eigenvalue weighted by Crippen LogP contribution is 2.22. The van der Waals surface area contributed by atoms with Gasteiger partial charge in [0.15, 0.2) is 0 Å². The van der Waals surface area contributed by atoms with E-state index in [-0.39, 0.29) is 12.6 Å². The summed E-state index contributed by atoms with van der Waals surface area (Å²) in [6.45, 7) is 9.49. The highest BCUT2D eigenvalue weighted by Gasteiger charge is 2.19. The molecule has 0 aliphatic carbocycles. The zero-order chi connectivity index (χ0) is 18.8. The summed E-state index contributed by atoms with van der Waals surface area (Å²) in [7, 11) is 0. The molecular formula is C18H29BrClNO3. The number of rotatable bonds is 5. The summed E-state index contributed by atoms with van der Waals surface area (Å²) in [6.07, 6.45) is 1.97. The van der Waals surface area contributed by atoms with Crippen molar-refractivity contribution in [3.8, 4) is 0 Å². The van der Waals surface area contributed by atoms with Gasteiger partial charge >= 0.3 is 6.09 Å². The monoisotopic (exact) mass is 421 g/mol. The van der Waals surface area contributed by atoms with Crippen LogP contribution in [0.4, 0.5) is 4.79 Å². The van der Waals surface area contributed by atoms with E-state index in [1.165, 1.54) is 6.42 Å². The molecule has 0 saturated heterocycles. The smallest absolute Gasteiger partial charge is 0.407 e. The Morgan fingerprint density at radius 2 is 1.96 bits per heavy atom. The van der Waals surface area contributed by atoms with Crippen LogP contribution in [-0.4, -0.2) is 29.4 Å². The Balaban J connectivity index is 0.00000163. The van der Waals surface area contributed by atoms with Crippen molar-refractivity contribution in [3.63, 3.8) is 0 Å². The molecule has 0 bridgehead atoms. The normalized spacial score (nSPS) is 12.0. The van der Waals surface area contributed by atoms with Gasteiger partial charge in [-0.3, -0.25) is 0 Å². The predicted molar refractivity (Wildman–Crippen MR) is 104 cm³/mol. The number of alkyl carbamates (subject to hydrolysis) is 1. The van der Waals surface area contributed by atoms with Crippen molar-refractivity contribution < 1.29 is 14.6 Å². The minimum atomic E-state index is -0.556. The summed E-state index contributed by atoms with van der Waals surface area (Å²) in [5.41, 5.74) is 0.420. The first-order valence-corrected chi connectivity index (χ1v) is 9.34. The third-order valence-electron chi connectivity index (χ3n) is 2.72. The summed E-state index contributed by atoms with van der Waals surface area (Å²) in [4.78, 5) is 11.7. The fraction of sp³-hybridized carbons (Fsp3) is 0.611. The lowest BCUT2D eigenvalue weighted by Crippen LogP contribution is -2.41. The minimum absolute atomic E-state index is 0.145. The third-order valence-corrected chi connectivity index (χ3v) is 3.56. The summed E-state index contributed by atoms with van der Waals surface area (Å²) < 4.78 is 6.09. The summed E-state index contributed by atoms with van der Waals surface area (Å²) in [5.74, 6) is 0. The Bertz CT molecular complexity index is 504. The molecule has 1 atom stereocenters. The lowest BCUT2D eigenvalue weighted by molar-refractivity contribution is 0.0479. The van der Waals surface area contributed by atoms with Crippen molar-refractivity contribution in [1.82, 2.24) is 5.32 Å². The van der Waals surface area contributed by atoms with Crippen LogP contribution in [0.15, 0.2) is 22.7 Å². The SMILES string of the molecule is CC(C)(C)OC(=O)NC(CO)CCc1ccc(Br)cc1Cl.CCC. The maximum Gasteiger partial charge on any atom is 0.407 e. The predicted octanol–water partition coefficient (Wildman–Crippen LogP) is 5.34. The molecule has 0 aromatic heterocycles. The van der Waals surface area contributed by atoms with E-state index in [2.05, 4.69) is 35.1 Å². The van der Waals surface area contributed by atoms with E-state index in [1.807, 2.05) is 18.2 Å². The van der Waals surface area contributed by atoms with Gasteiger partial charge in [0.2, 0.25) is 0 Å². The number of hydrogen-bond acceptors (Lipinski definition) is 3. The van der Waals surface area contributed by atoms with Gasteiger partial charge in [-0.05, 0) is 51.3 Å². The topological polar surface area (TPSA) is 58.6 Å². The van der Waals surface area contributed by atoms with Gasteiger partial charge in [0, 0.05) is 9.50 Å². The molecule has 1 amide bonds. The third kappa shape index (κ3) is 10.9. The van der Waals surface area contributed by atoms with Crippen molar-refractivity contribution >= 4 is 33.6 Å². The van der Waals surface area contributed by atoms with Crippen molar-refractivity contribution in [3.05, 3.63) is 33.3 Å². The van der Waals surface area contributed by atoms with E-state index >= 15 is 0 Å². The molecule has 1 unspecified atom stereocenters. The van der Waals surface area contributed by atoms with Crippen LogP contribution in [0.25, 0.3) is 0 Å². The molecular weight excluding hydrogens is 394 g/mol. The first-order chi connectivity index (χ1) is 11.1. The fourth-order valence-corrected chi connectivity index (χ4v) is 2.51. The van der Waals surface area contributed by atoms with Crippen LogP contribution < -0.4 is 5.32 Å². The van der Waals surface area contributed by atoms with Gasteiger partial charge in [-0.25, -0.2) is 4.79 Å². The Labute approximate surface area is 159 Å². The first-order valence-electron chi connectivity index (χ1n) is 8.17. The van der Waals surface area contributed by atoms with Crippen molar-refractivity contribution in [2.45, 2.75) is 65.5 Å². The second-order valence-corrected chi connectivity index (χ2v) is 7.83. The van der Waals surface area contributed by atoms with E-state index in [0.717, 1.165) is 10.0 Å². The molecule has 2 N–H and O–H groups in total. The lowest BCUT2D eigenvalue weighted by atomic mass is 10.1. The number of benzene rings is 1.